The van der Waals surface area contributed by atoms with E-state index >= 15 is 0 Å². The number of para-hydroxylation sites is 1. The van der Waals surface area contributed by atoms with E-state index in [2.05, 4.69) is 20.9 Å². The summed E-state index contributed by atoms with van der Waals surface area (Å²) in [4.78, 5) is 4.37. The summed E-state index contributed by atoms with van der Waals surface area (Å²) in [6.07, 6.45) is 2.53. The van der Waals surface area contributed by atoms with E-state index in [4.69, 9.17) is 21.1 Å². The molecule has 3 nitrogen and oxygen atoms in total. The third-order valence-corrected chi connectivity index (χ3v) is 4.08. The Morgan fingerprint density at radius 1 is 0.957 bits per heavy atom. The Morgan fingerprint density at radius 3 is 2.57 bits per heavy atom. The molecule has 0 fully saturated rings. The fourth-order valence-corrected chi connectivity index (χ4v) is 2.94. The van der Waals surface area contributed by atoms with Crippen molar-refractivity contribution >= 4 is 38.4 Å². The molecule has 0 N–H and O–H groups in total. The smallest absolute Gasteiger partial charge is 0.145 e. The van der Waals surface area contributed by atoms with Gasteiger partial charge in [0, 0.05) is 22.5 Å². The van der Waals surface area contributed by atoms with Crippen molar-refractivity contribution in [1.29, 1.82) is 0 Å². The molecule has 0 spiro atoms. The van der Waals surface area contributed by atoms with Crippen molar-refractivity contribution in [3.63, 3.8) is 0 Å². The van der Waals surface area contributed by atoms with Gasteiger partial charge >= 0.3 is 0 Å². The third-order valence-electron chi connectivity index (χ3n) is 3.29. The van der Waals surface area contributed by atoms with E-state index in [0.717, 1.165) is 27.5 Å². The highest BCUT2D eigenvalue weighted by atomic mass is 79.9. The SMILES string of the molecule is Clc1cc(Br)ccc1OCCCOc1cccc2cccnc12. The molecule has 0 atom stereocenters. The molecular formula is C18H15BrClNO2. The molecule has 1 aromatic heterocycles. The highest BCUT2D eigenvalue weighted by molar-refractivity contribution is 9.10. The van der Waals surface area contributed by atoms with Crippen LogP contribution in [0.3, 0.4) is 0 Å². The van der Waals surface area contributed by atoms with Crippen LogP contribution in [0.25, 0.3) is 10.9 Å². The summed E-state index contributed by atoms with van der Waals surface area (Å²) in [6, 6.07) is 15.4. The zero-order valence-electron chi connectivity index (χ0n) is 12.3. The molecular weight excluding hydrogens is 378 g/mol. The average molecular weight is 393 g/mol. The molecule has 0 saturated heterocycles. The first-order chi connectivity index (χ1) is 11.2. The highest BCUT2D eigenvalue weighted by Gasteiger charge is 2.04. The van der Waals surface area contributed by atoms with Crippen LogP contribution in [0.5, 0.6) is 11.5 Å². The standard InChI is InChI=1S/C18H15BrClNO2/c19-14-7-8-16(15(20)12-14)22-10-3-11-23-17-6-1-4-13-5-2-9-21-18(13)17/h1-2,4-9,12H,3,10-11H2. The second kappa shape index (κ2) is 7.66. The van der Waals surface area contributed by atoms with Gasteiger partial charge in [0.2, 0.25) is 0 Å². The molecule has 1 heterocycles. The van der Waals surface area contributed by atoms with Crippen molar-refractivity contribution in [2.75, 3.05) is 13.2 Å². The van der Waals surface area contributed by atoms with Crippen LogP contribution in [-0.2, 0) is 0 Å². The first-order valence-corrected chi connectivity index (χ1v) is 8.45. The minimum atomic E-state index is 0.541. The van der Waals surface area contributed by atoms with Crippen LogP contribution in [0.2, 0.25) is 5.02 Å². The lowest BCUT2D eigenvalue weighted by atomic mass is 10.2. The Kier molecular flexibility index (Phi) is 5.36. The van der Waals surface area contributed by atoms with Crippen LogP contribution in [0.15, 0.2) is 59.2 Å². The number of benzene rings is 2. The van der Waals surface area contributed by atoms with Gasteiger partial charge in [-0.15, -0.1) is 0 Å². The first kappa shape index (κ1) is 16.1. The van der Waals surface area contributed by atoms with Crippen LogP contribution in [0, 0.1) is 0 Å². The topological polar surface area (TPSA) is 31.4 Å². The number of ether oxygens (including phenoxy) is 2. The van der Waals surface area contributed by atoms with E-state index in [1.807, 2.05) is 48.5 Å². The van der Waals surface area contributed by atoms with E-state index in [-0.39, 0.29) is 0 Å². The number of fused-ring (bicyclic) bond motifs is 1. The molecule has 0 aliphatic rings. The van der Waals surface area contributed by atoms with E-state index in [1.54, 1.807) is 6.20 Å². The van der Waals surface area contributed by atoms with Gasteiger partial charge in [-0.1, -0.05) is 45.7 Å². The van der Waals surface area contributed by atoms with Gasteiger partial charge in [-0.25, -0.2) is 0 Å². The van der Waals surface area contributed by atoms with E-state index in [0.29, 0.717) is 24.0 Å². The Morgan fingerprint density at radius 2 is 1.74 bits per heavy atom. The van der Waals surface area contributed by atoms with Gasteiger partial charge < -0.3 is 9.47 Å². The fourth-order valence-electron chi connectivity index (χ4n) is 2.21. The summed E-state index contributed by atoms with van der Waals surface area (Å²) in [5.41, 5.74) is 0.881. The molecule has 5 heteroatoms. The first-order valence-electron chi connectivity index (χ1n) is 7.28. The van der Waals surface area contributed by atoms with Crippen molar-refractivity contribution in [2.45, 2.75) is 6.42 Å². The summed E-state index contributed by atoms with van der Waals surface area (Å²) < 4.78 is 12.4. The van der Waals surface area contributed by atoms with Crippen molar-refractivity contribution in [1.82, 2.24) is 4.98 Å². The molecule has 0 unspecified atom stereocenters. The number of rotatable bonds is 6. The van der Waals surface area contributed by atoms with Crippen LogP contribution >= 0.6 is 27.5 Å². The molecule has 0 bridgehead atoms. The van der Waals surface area contributed by atoms with Gasteiger partial charge in [-0.2, -0.15) is 0 Å². The molecule has 0 aliphatic carbocycles. The second-order valence-corrected chi connectivity index (χ2v) is 6.28. The van der Waals surface area contributed by atoms with Crippen molar-refractivity contribution in [2.24, 2.45) is 0 Å². The lowest BCUT2D eigenvalue weighted by Crippen LogP contribution is -2.05. The second-order valence-electron chi connectivity index (χ2n) is 4.96. The van der Waals surface area contributed by atoms with E-state index < -0.39 is 0 Å². The molecule has 3 aromatic rings. The largest absolute Gasteiger partial charge is 0.492 e. The Bertz CT molecular complexity index is 805. The zero-order chi connectivity index (χ0) is 16.1. The number of aromatic nitrogens is 1. The predicted molar refractivity (Wildman–Crippen MR) is 96.5 cm³/mol. The average Bonchev–Trinajstić information content (AvgIpc) is 2.56. The maximum absolute atomic E-state index is 6.11. The summed E-state index contributed by atoms with van der Waals surface area (Å²) in [6.45, 7) is 1.10. The van der Waals surface area contributed by atoms with Gasteiger partial charge in [-0.3, -0.25) is 4.98 Å². The highest BCUT2D eigenvalue weighted by Crippen LogP contribution is 2.28. The van der Waals surface area contributed by atoms with Crippen molar-refractivity contribution in [3.05, 3.63) is 64.2 Å². The zero-order valence-corrected chi connectivity index (χ0v) is 14.7. The van der Waals surface area contributed by atoms with Crippen LogP contribution in [0.4, 0.5) is 0 Å². The Labute approximate surface area is 148 Å². The summed E-state index contributed by atoms with van der Waals surface area (Å²) in [7, 11) is 0. The number of nitrogens with zero attached hydrogens (tertiary/aromatic N) is 1. The van der Waals surface area contributed by atoms with Crippen LogP contribution in [-0.4, -0.2) is 18.2 Å². The number of hydrogen-bond donors (Lipinski definition) is 0. The molecule has 0 aliphatic heterocycles. The predicted octanol–water partition coefficient (Wildman–Crippen LogP) is 5.50. The summed E-state index contributed by atoms with van der Waals surface area (Å²) in [5.74, 6) is 1.48. The van der Waals surface area contributed by atoms with Gasteiger partial charge in [0.1, 0.15) is 17.0 Å². The fraction of sp³-hybridized carbons (Fsp3) is 0.167. The minimum absolute atomic E-state index is 0.541. The monoisotopic (exact) mass is 391 g/mol. The van der Waals surface area contributed by atoms with E-state index in [9.17, 15) is 0 Å². The molecule has 118 valence electrons. The minimum Gasteiger partial charge on any atom is -0.492 e. The van der Waals surface area contributed by atoms with E-state index in [1.165, 1.54) is 0 Å². The number of halogens is 2. The molecule has 0 radical (unpaired) electrons. The van der Waals surface area contributed by atoms with Gasteiger partial charge in [0.25, 0.3) is 0 Å². The lowest BCUT2D eigenvalue weighted by molar-refractivity contribution is 0.249. The van der Waals surface area contributed by atoms with Crippen molar-refractivity contribution in [3.8, 4) is 11.5 Å². The Hall–Kier alpha value is -1.78. The number of hydrogen-bond acceptors (Lipinski definition) is 3. The van der Waals surface area contributed by atoms with Gasteiger partial charge in [0.15, 0.2) is 0 Å². The van der Waals surface area contributed by atoms with Gasteiger partial charge in [0.05, 0.1) is 18.2 Å². The maximum atomic E-state index is 6.11. The molecule has 0 amide bonds. The quantitative estimate of drug-likeness (QED) is 0.519. The Balaban J connectivity index is 1.51. The normalized spacial score (nSPS) is 10.7. The third kappa shape index (κ3) is 4.15. The molecule has 0 saturated carbocycles. The molecule has 23 heavy (non-hydrogen) atoms. The van der Waals surface area contributed by atoms with Crippen molar-refractivity contribution < 1.29 is 9.47 Å². The summed E-state index contributed by atoms with van der Waals surface area (Å²) in [5, 5.41) is 1.67. The van der Waals surface area contributed by atoms with Gasteiger partial charge in [-0.05, 0) is 30.3 Å². The summed E-state index contributed by atoms with van der Waals surface area (Å²) >= 11 is 9.48. The maximum Gasteiger partial charge on any atom is 0.145 e. The van der Waals surface area contributed by atoms with Crippen LogP contribution < -0.4 is 9.47 Å². The van der Waals surface area contributed by atoms with Crippen LogP contribution in [0.1, 0.15) is 6.42 Å². The molecule has 2 aromatic carbocycles. The number of pyridine rings is 1. The molecule has 3 rings (SSSR count). The lowest BCUT2D eigenvalue weighted by Gasteiger charge is -2.10.